The van der Waals surface area contributed by atoms with Crippen molar-refractivity contribution in [1.82, 2.24) is 5.32 Å². The monoisotopic (exact) mass is 515 g/mol. The minimum absolute atomic E-state index is 0.0441. The highest BCUT2D eigenvalue weighted by Crippen LogP contribution is 2.39. The van der Waals surface area contributed by atoms with Crippen LogP contribution in [0.1, 0.15) is 41.6 Å². The Balaban J connectivity index is 0.000000540. The van der Waals surface area contributed by atoms with Crippen molar-refractivity contribution < 1.29 is 37.8 Å². The third kappa shape index (κ3) is 7.59. The molecule has 0 bridgehead atoms. The van der Waals surface area contributed by atoms with Gasteiger partial charge in [0.15, 0.2) is 0 Å². The summed E-state index contributed by atoms with van der Waals surface area (Å²) in [6.07, 6.45) is -1.27. The number of phenols is 1. The van der Waals surface area contributed by atoms with Crippen LogP contribution in [0, 0.1) is 0 Å². The van der Waals surface area contributed by atoms with Crippen molar-refractivity contribution in [3.63, 3.8) is 0 Å². The van der Waals surface area contributed by atoms with E-state index in [4.69, 9.17) is 27.2 Å². The number of carboxylic acid groups (broad SMARTS) is 1. The standard InChI is InChI=1S/C21H24ClN3O3.C2HF3O2/c22-16-3-1-2-15(11-16)21(12-23)8-6-17(7-9-21)25-20(28)14-4-5-19(27)18(10-14)24-13-26;3-2(4,5)1(6)7/h1-5,10-11,13,17,27H,6-9,12,23H2,(H,24,26)(H,25,28);(H,6,7)/t17-,21-;. The van der Waals surface area contributed by atoms with Gasteiger partial charge in [0.2, 0.25) is 6.41 Å². The number of carbonyl (C=O) groups excluding carboxylic acids is 2. The summed E-state index contributed by atoms with van der Waals surface area (Å²) in [7, 11) is 0. The van der Waals surface area contributed by atoms with E-state index in [0.29, 0.717) is 23.5 Å². The van der Waals surface area contributed by atoms with E-state index in [2.05, 4.69) is 16.7 Å². The van der Waals surface area contributed by atoms with E-state index in [0.717, 1.165) is 31.2 Å². The summed E-state index contributed by atoms with van der Waals surface area (Å²) >= 11 is 6.15. The lowest BCUT2D eigenvalue weighted by molar-refractivity contribution is -0.192. The molecule has 2 aromatic carbocycles. The lowest BCUT2D eigenvalue weighted by atomic mass is 9.68. The van der Waals surface area contributed by atoms with Crippen molar-refractivity contribution in [3.05, 3.63) is 58.6 Å². The second-order valence-corrected chi connectivity index (χ2v) is 8.48. The fourth-order valence-corrected chi connectivity index (χ4v) is 4.06. The van der Waals surface area contributed by atoms with Crippen LogP contribution in [-0.4, -0.2) is 47.3 Å². The molecule has 2 aromatic rings. The van der Waals surface area contributed by atoms with Gasteiger partial charge in [-0.3, -0.25) is 9.59 Å². The van der Waals surface area contributed by atoms with E-state index < -0.39 is 12.1 Å². The largest absolute Gasteiger partial charge is 0.506 e. The number of benzene rings is 2. The van der Waals surface area contributed by atoms with Crippen LogP contribution in [0.15, 0.2) is 42.5 Å². The molecule has 3 rings (SSSR count). The Morgan fingerprint density at radius 1 is 1.17 bits per heavy atom. The molecule has 0 saturated heterocycles. The molecule has 0 unspecified atom stereocenters. The molecular formula is C23H25ClF3N3O5. The molecule has 6 N–H and O–H groups in total. The van der Waals surface area contributed by atoms with Crippen LogP contribution in [0.2, 0.25) is 5.02 Å². The van der Waals surface area contributed by atoms with Gasteiger partial charge in [0, 0.05) is 28.6 Å². The smallest absolute Gasteiger partial charge is 0.490 e. The number of amides is 2. The van der Waals surface area contributed by atoms with Crippen molar-refractivity contribution in [3.8, 4) is 5.75 Å². The van der Waals surface area contributed by atoms with Gasteiger partial charge in [0.25, 0.3) is 5.91 Å². The number of halogens is 4. The molecule has 35 heavy (non-hydrogen) atoms. The molecule has 0 heterocycles. The number of carbonyl (C=O) groups is 3. The van der Waals surface area contributed by atoms with E-state index >= 15 is 0 Å². The van der Waals surface area contributed by atoms with Crippen molar-refractivity contribution in [1.29, 1.82) is 0 Å². The summed E-state index contributed by atoms with van der Waals surface area (Å²) in [6, 6.07) is 12.3. The van der Waals surface area contributed by atoms with Crippen LogP contribution in [0.5, 0.6) is 5.75 Å². The topological polar surface area (TPSA) is 142 Å². The lowest BCUT2D eigenvalue weighted by Gasteiger charge is -2.40. The quantitative estimate of drug-likeness (QED) is 0.292. The Labute approximate surface area is 204 Å². The van der Waals surface area contributed by atoms with Gasteiger partial charge in [-0.25, -0.2) is 4.79 Å². The van der Waals surface area contributed by atoms with Crippen LogP contribution in [-0.2, 0) is 15.0 Å². The first-order valence-electron chi connectivity index (χ1n) is 10.5. The molecule has 1 aliphatic carbocycles. The number of hydrogen-bond donors (Lipinski definition) is 5. The number of aromatic hydroxyl groups is 1. The Kier molecular flexibility index (Phi) is 9.49. The van der Waals surface area contributed by atoms with E-state index in [-0.39, 0.29) is 28.8 Å². The zero-order valence-corrected chi connectivity index (χ0v) is 19.2. The molecule has 0 atom stereocenters. The first kappa shape index (κ1) is 27.9. The Morgan fingerprint density at radius 3 is 2.31 bits per heavy atom. The van der Waals surface area contributed by atoms with Gasteiger partial charge in [0.05, 0.1) is 5.69 Å². The highest BCUT2D eigenvalue weighted by Gasteiger charge is 2.38. The second-order valence-electron chi connectivity index (χ2n) is 8.04. The molecule has 2 amide bonds. The molecule has 190 valence electrons. The van der Waals surface area contributed by atoms with Gasteiger partial charge >= 0.3 is 12.1 Å². The summed E-state index contributed by atoms with van der Waals surface area (Å²) in [4.78, 5) is 32.1. The summed E-state index contributed by atoms with van der Waals surface area (Å²) < 4.78 is 31.7. The third-order valence-electron chi connectivity index (χ3n) is 5.82. The number of alkyl halides is 3. The van der Waals surface area contributed by atoms with E-state index in [1.165, 1.54) is 18.2 Å². The Hall–Kier alpha value is -3.31. The molecule has 0 aliphatic heterocycles. The highest BCUT2D eigenvalue weighted by atomic mass is 35.5. The van der Waals surface area contributed by atoms with Crippen LogP contribution in [0.3, 0.4) is 0 Å². The van der Waals surface area contributed by atoms with E-state index in [1.807, 2.05) is 18.2 Å². The maximum atomic E-state index is 12.6. The zero-order chi connectivity index (χ0) is 26.2. The maximum absolute atomic E-state index is 12.6. The molecule has 0 radical (unpaired) electrons. The van der Waals surface area contributed by atoms with Crippen LogP contribution in [0.25, 0.3) is 0 Å². The third-order valence-corrected chi connectivity index (χ3v) is 6.06. The summed E-state index contributed by atoms with van der Waals surface area (Å²) in [5.41, 5.74) is 7.74. The zero-order valence-electron chi connectivity index (χ0n) is 18.4. The first-order valence-corrected chi connectivity index (χ1v) is 10.9. The summed E-state index contributed by atoms with van der Waals surface area (Å²) in [5.74, 6) is -3.08. The Morgan fingerprint density at radius 2 is 1.80 bits per heavy atom. The predicted molar refractivity (Wildman–Crippen MR) is 123 cm³/mol. The summed E-state index contributed by atoms with van der Waals surface area (Å²) in [6.45, 7) is 0.534. The van der Waals surface area contributed by atoms with Crippen LogP contribution >= 0.6 is 11.6 Å². The SMILES string of the molecule is NC[C@]1(c2cccc(Cl)c2)CC[C@H](NC(=O)c2ccc(O)c(NC=O)c2)CC1.O=C(O)C(F)(F)F. The lowest BCUT2D eigenvalue weighted by Crippen LogP contribution is -2.45. The number of carboxylic acids is 1. The minimum Gasteiger partial charge on any atom is -0.506 e. The molecule has 1 saturated carbocycles. The normalized spacial score (nSPS) is 19.6. The van der Waals surface area contributed by atoms with Gasteiger partial charge in [-0.05, 0) is 61.6 Å². The van der Waals surface area contributed by atoms with Crippen LogP contribution < -0.4 is 16.4 Å². The van der Waals surface area contributed by atoms with E-state index in [9.17, 15) is 27.9 Å². The van der Waals surface area contributed by atoms with Gasteiger partial charge < -0.3 is 26.6 Å². The van der Waals surface area contributed by atoms with Crippen molar-refractivity contribution >= 4 is 35.6 Å². The van der Waals surface area contributed by atoms with Gasteiger partial charge in [0.1, 0.15) is 5.75 Å². The Bertz CT molecular complexity index is 1060. The number of nitrogens with one attached hydrogen (secondary N) is 2. The van der Waals surface area contributed by atoms with Crippen molar-refractivity contribution in [2.45, 2.75) is 43.3 Å². The fraction of sp³-hybridized carbons (Fsp3) is 0.348. The van der Waals surface area contributed by atoms with E-state index in [1.54, 1.807) is 0 Å². The van der Waals surface area contributed by atoms with Crippen molar-refractivity contribution in [2.75, 3.05) is 11.9 Å². The summed E-state index contributed by atoms with van der Waals surface area (Å²) in [5, 5.41) is 23.0. The van der Waals surface area contributed by atoms with Crippen molar-refractivity contribution in [2.24, 2.45) is 5.73 Å². The van der Waals surface area contributed by atoms with Crippen LogP contribution in [0.4, 0.5) is 18.9 Å². The number of aliphatic carboxylic acids is 1. The highest BCUT2D eigenvalue weighted by molar-refractivity contribution is 6.30. The molecule has 0 aromatic heterocycles. The molecule has 1 aliphatic rings. The predicted octanol–water partition coefficient (Wildman–Crippen LogP) is 3.82. The van der Waals surface area contributed by atoms with Gasteiger partial charge in [-0.1, -0.05) is 23.7 Å². The maximum Gasteiger partial charge on any atom is 0.490 e. The second kappa shape index (κ2) is 11.9. The number of nitrogens with two attached hydrogens (primary N) is 1. The first-order chi connectivity index (χ1) is 16.4. The minimum atomic E-state index is -5.08. The molecular weight excluding hydrogens is 491 g/mol. The average molecular weight is 516 g/mol. The number of phenolic OH excluding ortho intramolecular Hbond substituents is 1. The number of anilines is 1. The van der Waals surface area contributed by atoms with Gasteiger partial charge in [-0.2, -0.15) is 13.2 Å². The molecule has 0 spiro atoms. The van der Waals surface area contributed by atoms with Gasteiger partial charge in [-0.15, -0.1) is 0 Å². The molecule has 1 fully saturated rings. The fourth-order valence-electron chi connectivity index (χ4n) is 3.87. The number of rotatable bonds is 6. The molecule has 8 nitrogen and oxygen atoms in total. The molecule has 12 heteroatoms. The average Bonchev–Trinajstić information content (AvgIpc) is 2.81. The number of hydrogen-bond acceptors (Lipinski definition) is 5.